The van der Waals surface area contributed by atoms with Crippen molar-refractivity contribution in [1.82, 2.24) is 10.6 Å². The third-order valence-corrected chi connectivity index (χ3v) is 4.95. The Morgan fingerprint density at radius 2 is 1.36 bits per heavy atom. The SMILES string of the molecule is O=C(COc1ccc(Cl)cc1Cl)Nc1ccc(C(=O)NCCNC(=O)c2ccccc2)cc1. The maximum absolute atomic E-state index is 12.3. The molecule has 0 saturated carbocycles. The molecule has 0 bridgehead atoms. The van der Waals surface area contributed by atoms with E-state index in [2.05, 4.69) is 16.0 Å². The second-order valence-electron chi connectivity index (χ2n) is 6.87. The van der Waals surface area contributed by atoms with Crippen LogP contribution in [0.15, 0.2) is 72.8 Å². The first-order valence-corrected chi connectivity index (χ1v) is 10.8. The Morgan fingerprint density at radius 3 is 1.97 bits per heavy atom. The fourth-order valence-electron chi connectivity index (χ4n) is 2.78. The van der Waals surface area contributed by atoms with Gasteiger partial charge >= 0.3 is 0 Å². The van der Waals surface area contributed by atoms with Gasteiger partial charge in [0.25, 0.3) is 17.7 Å². The van der Waals surface area contributed by atoms with E-state index in [9.17, 15) is 14.4 Å². The summed E-state index contributed by atoms with van der Waals surface area (Å²) in [5.74, 6) is -0.523. The number of hydrogen-bond donors (Lipinski definition) is 3. The zero-order valence-electron chi connectivity index (χ0n) is 17.4. The lowest BCUT2D eigenvalue weighted by Crippen LogP contribution is -2.34. The summed E-state index contributed by atoms with van der Waals surface area (Å²) < 4.78 is 5.39. The number of ether oxygens (including phenoxy) is 1. The summed E-state index contributed by atoms with van der Waals surface area (Å²) in [5, 5.41) is 8.93. The van der Waals surface area contributed by atoms with E-state index in [1.54, 1.807) is 60.7 Å². The van der Waals surface area contributed by atoms with Crippen LogP contribution < -0.4 is 20.7 Å². The molecule has 3 aromatic rings. The van der Waals surface area contributed by atoms with Crippen molar-refractivity contribution in [2.75, 3.05) is 25.0 Å². The lowest BCUT2D eigenvalue weighted by atomic mass is 10.2. The van der Waals surface area contributed by atoms with Crippen molar-refractivity contribution in [3.05, 3.63) is 94.0 Å². The molecule has 3 amide bonds. The minimum Gasteiger partial charge on any atom is -0.482 e. The van der Waals surface area contributed by atoms with Crippen LogP contribution in [-0.4, -0.2) is 37.4 Å². The van der Waals surface area contributed by atoms with Gasteiger partial charge in [-0.15, -0.1) is 0 Å². The van der Waals surface area contributed by atoms with Gasteiger partial charge in [-0.2, -0.15) is 0 Å². The molecule has 3 aromatic carbocycles. The number of nitrogens with one attached hydrogen (secondary N) is 3. The van der Waals surface area contributed by atoms with E-state index in [0.717, 1.165) is 0 Å². The number of carbonyl (C=O) groups is 3. The molecule has 0 spiro atoms. The van der Waals surface area contributed by atoms with Crippen LogP contribution >= 0.6 is 23.2 Å². The number of rotatable bonds is 9. The van der Waals surface area contributed by atoms with Gasteiger partial charge in [-0.1, -0.05) is 41.4 Å². The fourth-order valence-corrected chi connectivity index (χ4v) is 3.25. The summed E-state index contributed by atoms with van der Waals surface area (Å²) in [6, 6.07) is 19.9. The number of halogens is 2. The van der Waals surface area contributed by atoms with Gasteiger partial charge in [0, 0.05) is 34.9 Å². The van der Waals surface area contributed by atoms with E-state index in [-0.39, 0.29) is 30.9 Å². The van der Waals surface area contributed by atoms with Crippen molar-refractivity contribution in [2.45, 2.75) is 0 Å². The van der Waals surface area contributed by atoms with Crippen molar-refractivity contribution >= 4 is 46.6 Å². The minimum absolute atomic E-state index is 0.202. The second-order valence-corrected chi connectivity index (χ2v) is 7.71. The molecule has 0 aliphatic rings. The van der Waals surface area contributed by atoms with E-state index in [0.29, 0.717) is 39.2 Å². The van der Waals surface area contributed by atoms with Crippen LogP contribution in [0.25, 0.3) is 0 Å². The van der Waals surface area contributed by atoms with Crippen LogP contribution in [0.1, 0.15) is 20.7 Å². The van der Waals surface area contributed by atoms with E-state index >= 15 is 0 Å². The second kappa shape index (κ2) is 11.9. The molecule has 0 aliphatic carbocycles. The average molecular weight is 486 g/mol. The smallest absolute Gasteiger partial charge is 0.262 e. The average Bonchev–Trinajstić information content (AvgIpc) is 2.82. The van der Waals surface area contributed by atoms with E-state index in [4.69, 9.17) is 27.9 Å². The molecule has 0 radical (unpaired) electrons. The maximum Gasteiger partial charge on any atom is 0.262 e. The predicted octanol–water partition coefficient (Wildman–Crippen LogP) is 4.17. The highest BCUT2D eigenvalue weighted by atomic mass is 35.5. The van der Waals surface area contributed by atoms with Crippen molar-refractivity contribution in [3.8, 4) is 5.75 Å². The van der Waals surface area contributed by atoms with Crippen LogP contribution in [0.2, 0.25) is 10.0 Å². The lowest BCUT2D eigenvalue weighted by Gasteiger charge is -2.10. The van der Waals surface area contributed by atoms with Gasteiger partial charge in [-0.3, -0.25) is 14.4 Å². The summed E-state index contributed by atoms with van der Waals surface area (Å²) in [7, 11) is 0. The molecular formula is C24H21Cl2N3O4. The summed E-state index contributed by atoms with van der Waals surface area (Å²) in [6.07, 6.45) is 0. The van der Waals surface area contributed by atoms with Gasteiger partial charge in [0.05, 0.1) is 5.02 Å². The summed E-state index contributed by atoms with van der Waals surface area (Å²) >= 11 is 11.8. The molecule has 0 atom stereocenters. The molecule has 0 fully saturated rings. The molecule has 0 aromatic heterocycles. The molecule has 0 aliphatic heterocycles. The Kier molecular flexibility index (Phi) is 8.69. The van der Waals surface area contributed by atoms with Gasteiger partial charge in [0.15, 0.2) is 6.61 Å². The number of amides is 3. The topological polar surface area (TPSA) is 96.5 Å². The normalized spacial score (nSPS) is 10.2. The van der Waals surface area contributed by atoms with Gasteiger partial charge in [-0.05, 0) is 54.6 Å². The standard InChI is InChI=1S/C24H21Cl2N3O4/c25-18-8-11-21(20(26)14-18)33-15-22(30)29-19-9-6-17(7-10-19)24(32)28-13-12-27-23(31)16-4-2-1-3-5-16/h1-11,14H,12-13,15H2,(H,27,31)(H,28,32)(H,29,30). The predicted molar refractivity (Wildman–Crippen MR) is 128 cm³/mol. The highest BCUT2D eigenvalue weighted by molar-refractivity contribution is 6.35. The first-order chi connectivity index (χ1) is 15.9. The van der Waals surface area contributed by atoms with Crippen molar-refractivity contribution in [3.63, 3.8) is 0 Å². The molecule has 9 heteroatoms. The monoisotopic (exact) mass is 485 g/mol. The number of carbonyl (C=O) groups excluding carboxylic acids is 3. The quantitative estimate of drug-likeness (QED) is 0.396. The third kappa shape index (κ3) is 7.52. The number of hydrogen-bond acceptors (Lipinski definition) is 4. The molecule has 33 heavy (non-hydrogen) atoms. The molecule has 3 rings (SSSR count). The van der Waals surface area contributed by atoms with Crippen LogP contribution in [0.4, 0.5) is 5.69 Å². The van der Waals surface area contributed by atoms with Crippen molar-refractivity contribution < 1.29 is 19.1 Å². The lowest BCUT2D eigenvalue weighted by molar-refractivity contribution is -0.118. The Morgan fingerprint density at radius 1 is 0.758 bits per heavy atom. The molecule has 3 N–H and O–H groups in total. The molecule has 0 heterocycles. The van der Waals surface area contributed by atoms with Crippen LogP contribution in [0.5, 0.6) is 5.75 Å². The highest BCUT2D eigenvalue weighted by Gasteiger charge is 2.09. The van der Waals surface area contributed by atoms with E-state index < -0.39 is 0 Å². The van der Waals surface area contributed by atoms with Crippen molar-refractivity contribution in [2.24, 2.45) is 0 Å². The zero-order valence-corrected chi connectivity index (χ0v) is 19.0. The minimum atomic E-state index is -0.382. The summed E-state index contributed by atoms with van der Waals surface area (Å²) in [5.41, 5.74) is 1.49. The Hall–Kier alpha value is -3.55. The summed E-state index contributed by atoms with van der Waals surface area (Å²) in [6.45, 7) is 0.337. The van der Waals surface area contributed by atoms with Crippen LogP contribution in [-0.2, 0) is 4.79 Å². The van der Waals surface area contributed by atoms with Crippen LogP contribution in [0.3, 0.4) is 0 Å². The first-order valence-electron chi connectivity index (χ1n) is 10.0. The highest BCUT2D eigenvalue weighted by Crippen LogP contribution is 2.27. The third-order valence-electron chi connectivity index (χ3n) is 4.42. The van der Waals surface area contributed by atoms with Gasteiger partial charge < -0.3 is 20.7 Å². The van der Waals surface area contributed by atoms with Crippen molar-refractivity contribution in [1.29, 1.82) is 0 Å². The Labute approximate surface area is 201 Å². The zero-order chi connectivity index (χ0) is 23.6. The fraction of sp³-hybridized carbons (Fsp3) is 0.125. The Bertz CT molecular complexity index is 1120. The number of benzene rings is 3. The molecule has 170 valence electrons. The van der Waals surface area contributed by atoms with Gasteiger partial charge in [0.2, 0.25) is 0 Å². The Balaban J connectivity index is 1.40. The van der Waals surface area contributed by atoms with Crippen LogP contribution in [0, 0.1) is 0 Å². The maximum atomic E-state index is 12.3. The summed E-state index contributed by atoms with van der Waals surface area (Å²) in [4.78, 5) is 36.3. The van der Waals surface area contributed by atoms with Gasteiger partial charge in [-0.25, -0.2) is 0 Å². The first kappa shape index (κ1) is 24.1. The molecular weight excluding hydrogens is 465 g/mol. The van der Waals surface area contributed by atoms with E-state index in [1.165, 1.54) is 6.07 Å². The number of anilines is 1. The van der Waals surface area contributed by atoms with E-state index in [1.807, 2.05) is 6.07 Å². The largest absolute Gasteiger partial charge is 0.482 e. The molecule has 0 unspecified atom stereocenters. The molecule has 0 saturated heterocycles. The van der Waals surface area contributed by atoms with Gasteiger partial charge in [0.1, 0.15) is 5.75 Å². The molecule has 7 nitrogen and oxygen atoms in total.